The van der Waals surface area contributed by atoms with Crippen molar-refractivity contribution in [1.29, 1.82) is 0 Å². The fourth-order valence-corrected chi connectivity index (χ4v) is 3.74. The highest BCUT2D eigenvalue weighted by molar-refractivity contribution is 5.80. The third kappa shape index (κ3) is 3.74. The van der Waals surface area contributed by atoms with E-state index in [9.17, 15) is 14.7 Å². The summed E-state index contributed by atoms with van der Waals surface area (Å²) in [5.74, 6) is -0.720. The normalized spacial score (nSPS) is 25.6. The first kappa shape index (κ1) is 16.0. The number of nitrogens with one attached hydrogen (secondary N) is 1. The molecule has 1 aromatic rings. The molecule has 3 rings (SSSR count). The molecule has 2 saturated carbocycles. The van der Waals surface area contributed by atoms with Crippen molar-refractivity contribution in [2.24, 2.45) is 17.8 Å². The molecule has 1 amide bonds. The first-order chi connectivity index (χ1) is 11.1. The van der Waals surface area contributed by atoms with Crippen LogP contribution in [0.4, 0.5) is 0 Å². The van der Waals surface area contributed by atoms with Gasteiger partial charge in [0.1, 0.15) is 0 Å². The number of amides is 1. The minimum Gasteiger partial charge on any atom is -0.481 e. The monoisotopic (exact) mass is 315 g/mol. The van der Waals surface area contributed by atoms with Gasteiger partial charge in [0.15, 0.2) is 0 Å². The summed E-state index contributed by atoms with van der Waals surface area (Å²) in [4.78, 5) is 23.9. The van der Waals surface area contributed by atoms with Crippen molar-refractivity contribution in [3.05, 3.63) is 35.4 Å². The third-order valence-electron chi connectivity index (χ3n) is 5.31. The molecular weight excluding hydrogens is 290 g/mol. The van der Waals surface area contributed by atoms with Gasteiger partial charge in [0.2, 0.25) is 5.91 Å². The average Bonchev–Trinajstić information content (AvgIpc) is 3.38. The van der Waals surface area contributed by atoms with Crippen LogP contribution in [0.25, 0.3) is 0 Å². The second-order valence-corrected chi connectivity index (χ2v) is 7.08. The van der Waals surface area contributed by atoms with E-state index in [4.69, 9.17) is 0 Å². The summed E-state index contributed by atoms with van der Waals surface area (Å²) in [5.41, 5.74) is 2.41. The molecule has 3 unspecified atom stereocenters. The predicted molar refractivity (Wildman–Crippen MR) is 87.9 cm³/mol. The number of carbonyl (C=O) groups excluding carboxylic acids is 1. The molecule has 2 N–H and O–H groups in total. The van der Waals surface area contributed by atoms with Crippen LogP contribution in [0.2, 0.25) is 0 Å². The van der Waals surface area contributed by atoms with Gasteiger partial charge in [-0.05, 0) is 56.1 Å². The molecule has 4 nitrogen and oxygen atoms in total. The number of carboxylic acid groups (broad SMARTS) is 1. The van der Waals surface area contributed by atoms with E-state index in [0.29, 0.717) is 18.8 Å². The Bertz CT molecular complexity index is 594. The zero-order valence-electron chi connectivity index (χ0n) is 13.6. The van der Waals surface area contributed by atoms with Crippen LogP contribution in [0.5, 0.6) is 0 Å². The first-order valence-electron chi connectivity index (χ1n) is 8.65. The molecule has 23 heavy (non-hydrogen) atoms. The Labute approximate surface area is 137 Å². The number of hydrogen-bond acceptors (Lipinski definition) is 2. The standard InChI is InChI=1S/C19H25NO3/c1-12-5-2-3-8-16(12)17(13-9-10-13)20-18(21)14-6-4-7-15(11-14)19(22)23/h2-3,5,8,13-15,17H,4,6-7,9-11H2,1H3,(H,20,21)(H,22,23). The van der Waals surface area contributed by atoms with Crippen LogP contribution >= 0.6 is 0 Å². The molecule has 0 heterocycles. The van der Waals surface area contributed by atoms with Crippen LogP contribution in [0.1, 0.15) is 55.7 Å². The second kappa shape index (κ2) is 6.73. The van der Waals surface area contributed by atoms with Gasteiger partial charge in [-0.3, -0.25) is 9.59 Å². The number of aliphatic carboxylic acids is 1. The minimum atomic E-state index is -0.764. The zero-order valence-corrected chi connectivity index (χ0v) is 13.6. The molecule has 0 bridgehead atoms. The topological polar surface area (TPSA) is 66.4 Å². The smallest absolute Gasteiger partial charge is 0.306 e. The quantitative estimate of drug-likeness (QED) is 0.874. The van der Waals surface area contributed by atoms with Gasteiger partial charge in [-0.15, -0.1) is 0 Å². The number of benzene rings is 1. The van der Waals surface area contributed by atoms with Crippen LogP contribution in [0.15, 0.2) is 24.3 Å². The number of carboxylic acids is 1. The van der Waals surface area contributed by atoms with Crippen molar-refractivity contribution in [2.75, 3.05) is 0 Å². The van der Waals surface area contributed by atoms with E-state index < -0.39 is 5.97 Å². The SMILES string of the molecule is Cc1ccccc1C(NC(=O)C1CCCC(C(=O)O)C1)C1CC1. The second-order valence-electron chi connectivity index (χ2n) is 7.08. The molecule has 124 valence electrons. The van der Waals surface area contributed by atoms with Gasteiger partial charge in [-0.2, -0.15) is 0 Å². The molecule has 1 aromatic carbocycles. The molecule has 2 aliphatic carbocycles. The fraction of sp³-hybridized carbons (Fsp3) is 0.579. The molecule has 0 radical (unpaired) electrons. The summed E-state index contributed by atoms with van der Waals surface area (Å²) in [5, 5.41) is 12.4. The molecular formula is C19H25NO3. The maximum absolute atomic E-state index is 12.7. The number of aryl methyl sites for hydroxylation is 1. The van der Waals surface area contributed by atoms with Crippen molar-refractivity contribution < 1.29 is 14.7 Å². The van der Waals surface area contributed by atoms with E-state index >= 15 is 0 Å². The summed E-state index contributed by atoms with van der Waals surface area (Å²) in [6.45, 7) is 2.08. The summed E-state index contributed by atoms with van der Waals surface area (Å²) < 4.78 is 0. The molecule has 0 saturated heterocycles. The molecule has 2 aliphatic rings. The van der Waals surface area contributed by atoms with Crippen molar-refractivity contribution in [3.63, 3.8) is 0 Å². The molecule has 0 aromatic heterocycles. The first-order valence-corrected chi connectivity index (χ1v) is 8.65. The highest BCUT2D eigenvalue weighted by atomic mass is 16.4. The van der Waals surface area contributed by atoms with Crippen LogP contribution in [-0.4, -0.2) is 17.0 Å². The van der Waals surface area contributed by atoms with Gasteiger partial charge >= 0.3 is 5.97 Å². The third-order valence-corrected chi connectivity index (χ3v) is 5.31. The lowest BCUT2D eigenvalue weighted by molar-refractivity contribution is -0.144. The highest BCUT2D eigenvalue weighted by Gasteiger charge is 2.37. The van der Waals surface area contributed by atoms with E-state index in [-0.39, 0.29) is 23.8 Å². The highest BCUT2D eigenvalue weighted by Crippen LogP contribution is 2.42. The lowest BCUT2D eigenvalue weighted by atomic mass is 9.80. The summed E-state index contributed by atoms with van der Waals surface area (Å²) >= 11 is 0. The number of rotatable bonds is 5. The van der Waals surface area contributed by atoms with Crippen molar-refractivity contribution in [2.45, 2.75) is 51.5 Å². The lowest BCUT2D eigenvalue weighted by Crippen LogP contribution is -2.38. The summed E-state index contributed by atoms with van der Waals surface area (Å²) in [6, 6.07) is 8.29. The van der Waals surface area contributed by atoms with E-state index in [1.54, 1.807) is 0 Å². The maximum atomic E-state index is 12.7. The Morgan fingerprint density at radius 1 is 1.13 bits per heavy atom. The van der Waals surface area contributed by atoms with Gasteiger partial charge < -0.3 is 10.4 Å². The van der Waals surface area contributed by atoms with E-state index in [1.165, 1.54) is 11.1 Å². The average molecular weight is 315 g/mol. The largest absolute Gasteiger partial charge is 0.481 e. The Kier molecular flexibility index (Phi) is 4.69. The maximum Gasteiger partial charge on any atom is 0.306 e. The zero-order chi connectivity index (χ0) is 16.4. The van der Waals surface area contributed by atoms with Crippen LogP contribution in [0.3, 0.4) is 0 Å². The minimum absolute atomic E-state index is 0.0381. The van der Waals surface area contributed by atoms with Crippen LogP contribution in [0, 0.1) is 24.7 Å². The van der Waals surface area contributed by atoms with Gasteiger partial charge in [0, 0.05) is 5.92 Å². The van der Waals surface area contributed by atoms with Gasteiger partial charge in [0.05, 0.1) is 12.0 Å². The van der Waals surface area contributed by atoms with Crippen LogP contribution < -0.4 is 5.32 Å². The summed E-state index contributed by atoms with van der Waals surface area (Å²) in [6.07, 6.45) is 5.12. The Balaban J connectivity index is 1.70. The summed E-state index contributed by atoms with van der Waals surface area (Å²) in [7, 11) is 0. The fourth-order valence-electron chi connectivity index (χ4n) is 3.74. The molecule has 0 aliphatic heterocycles. The molecule has 2 fully saturated rings. The van der Waals surface area contributed by atoms with Crippen molar-refractivity contribution in [3.8, 4) is 0 Å². The Morgan fingerprint density at radius 2 is 1.83 bits per heavy atom. The predicted octanol–water partition coefficient (Wildman–Crippen LogP) is 3.45. The van der Waals surface area contributed by atoms with Gasteiger partial charge in [-0.1, -0.05) is 30.7 Å². The molecule has 0 spiro atoms. The Morgan fingerprint density at radius 3 is 2.48 bits per heavy atom. The number of carbonyl (C=O) groups is 2. The lowest BCUT2D eigenvalue weighted by Gasteiger charge is -2.28. The van der Waals surface area contributed by atoms with Crippen LogP contribution in [-0.2, 0) is 9.59 Å². The van der Waals surface area contributed by atoms with E-state index in [0.717, 1.165) is 25.7 Å². The molecule has 3 atom stereocenters. The van der Waals surface area contributed by atoms with E-state index in [2.05, 4.69) is 24.4 Å². The van der Waals surface area contributed by atoms with Crippen molar-refractivity contribution in [1.82, 2.24) is 5.32 Å². The van der Waals surface area contributed by atoms with E-state index in [1.807, 2.05) is 12.1 Å². The van der Waals surface area contributed by atoms with Gasteiger partial charge in [-0.25, -0.2) is 0 Å². The van der Waals surface area contributed by atoms with Crippen molar-refractivity contribution >= 4 is 11.9 Å². The Hall–Kier alpha value is -1.84. The number of hydrogen-bond donors (Lipinski definition) is 2. The van der Waals surface area contributed by atoms with Gasteiger partial charge in [0.25, 0.3) is 0 Å². The molecule has 4 heteroatoms.